The van der Waals surface area contributed by atoms with E-state index in [9.17, 15) is 13.2 Å². The molecule has 0 fully saturated rings. The second-order valence-electron chi connectivity index (χ2n) is 3.68. The Bertz CT molecular complexity index is 538. The first-order valence-corrected chi connectivity index (χ1v) is 5.48. The molecule has 0 aliphatic heterocycles. The van der Waals surface area contributed by atoms with Crippen LogP contribution in [-0.4, -0.2) is 10.2 Å². The lowest BCUT2D eigenvalue weighted by atomic mass is 10.0. The van der Waals surface area contributed by atoms with Crippen LogP contribution in [0, 0.1) is 0 Å². The molecule has 0 atom stereocenters. The number of hydrogen-bond acceptors (Lipinski definition) is 2. The Morgan fingerprint density at radius 3 is 2.33 bits per heavy atom. The fourth-order valence-electron chi connectivity index (χ4n) is 1.58. The number of rotatable bonds is 2. The Labute approximate surface area is 106 Å². The lowest BCUT2D eigenvalue weighted by Crippen LogP contribution is -2.09. The van der Waals surface area contributed by atoms with E-state index >= 15 is 0 Å². The molecule has 18 heavy (non-hydrogen) atoms. The van der Waals surface area contributed by atoms with Crippen LogP contribution in [0.5, 0.6) is 0 Å². The molecule has 0 radical (unpaired) electrons. The molecule has 94 valence electrons. The largest absolute Gasteiger partial charge is 0.416 e. The molecule has 2 nitrogen and oxygen atoms in total. The molecule has 2 aromatic rings. The van der Waals surface area contributed by atoms with Gasteiger partial charge in [0.2, 0.25) is 0 Å². The zero-order valence-electron chi connectivity index (χ0n) is 9.08. The van der Waals surface area contributed by atoms with Crippen LogP contribution >= 0.6 is 11.6 Å². The molecule has 0 aliphatic rings. The van der Waals surface area contributed by atoms with Gasteiger partial charge in [-0.15, -0.1) is 5.10 Å². The zero-order valence-corrected chi connectivity index (χ0v) is 9.83. The summed E-state index contributed by atoms with van der Waals surface area (Å²) in [6, 6.07) is 8.47. The molecule has 0 amide bonds. The van der Waals surface area contributed by atoms with Crippen molar-refractivity contribution >= 4 is 11.6 Å². The molecular formula is C12H8ClF3N2. The first kappa shape index (κ1) is 12.8. The van der Waals surface area contributed by atoms with Crippen molar-refractivity contribution in [3.05, 3.63) is 58.4 Å². The van der Waals surface area contributed by atoms with Gasteiger partial charge in [-0.3, -0.25) is 0 Å². The van der Waals surface area contributed by atoms with Crippen molar-refractivity contribution in [3.8, 4) is 0 Å². The maximum absolute atomic E-state index is 12.8. The summed E-state index contributed by atoms with van der Waals surface area (Å²) in [7, 11) is 0. The molecule has 0 N–H and O–H groups in total. The average molecular weight is 273 g/mol. The summed E-state index contributed by atoms with van der Waals surface area (Å²) in [6.07, 6.45) is -4.30. The van der Waals surface area contributed by atoms with E-state index in [0.717, 1.165) is 6.07 Å². The Morgan fingerprint density at radius 1 is 1.00 bits per heavy atom. The average Bonchev–Trinajstić information content (AvgIpc) is 2.31. The molecule has 0 spiro atoms. The molecule has 1 aromatic heterocycles. The number of hydrogen-bond donors (Lipinski definition) is 0. The summed E-state index contributed by atoms with van der Waals surface area (Å²) >= 11 is 5.56. The van der Waals surface area contributed by atoms with Gasteiger partial charge in [0, 0.05) is 6.42 Å². The van der Waals surface area contributed by atoms with E-state index in [2.05, 4.69) is 10.2 Å². The van der Waals surface area contributed by atoms with Gasteiger partial charge >= 0.3 is 6.18 Å². The predicted molar refractivity (Wildman–Crippen MR) is 61.3 cm³/mol. The molecular weight excluding hydrogens is 265 g/mol. The predicted octanol–water partition coefficient (Wildman–Crippen LogP) is 3.74. The van der Waals surface area contributed by atoms with Gasteiger partial charge in [0.05, 0.1) is 11.3 Å². The Morgan fingerprint density at radius 2 is 1.72 bits per heavy atom. The number of alkyl halides is 3. The minimum atomic E-state index is -4.36. The number of halogens is 4. The number of benzene rings is 1. The quantitative estimate of drug-likeness (QED) is 0.832. The van der Waals surface area contributed by atoms with E-state index in [-0.39, 0.29) is 17.1 Å². The minimum absolute atomic E-state index is 0.0693. The smallest absolute Gasteiger partial charge is 0.166 e. The highest BCUT2D eigenvalue weighted by Gasteiger charge is 2.32. The minimum Gasteiger partial charge on any atom is -0.166 e. The highest BCUT2D eigenvalue weighted by atomic mass is 35.5. The van der Waals surface area contributed by atoms with Gasteiger partial charge in [-0.2, -0.15) is 18.3 Å². The van der Waals surface area contributed by atoms with Crippen LogP contribution in [0.2, 0.25) is 5.15 Å². The summed E-state index contributed by atoms with van der Waals surface area (Å²) in [6.45, 7) is 0. The van der Waals surface area contributed by atoms with Crippen LogP contribution in [-0.2, 0) is 12.6 Å². The van der Waals surface area contributed by atoms with E-state index < -0.39 is 11.7 Å². The van der Waals surface area contributed by atoms with Crippen molar-refractivity contribution in [1.29, 1.82) is 0 Å². The normalized spacial score (nSPS) is 11.6. The third-order valence-corrected chi connectivity index (χ3v) is 2.58. The van der Waals surface area contributed by atoms with Gasteiger partial charge in [-0.1, -0.05) is 29.8 Å². The third-order valence-electron chi connectivity index (χ3n) is 2.38. The van der Waals surface area contributed by atoms with E-state index in [1.165, 1.54) is 18.2 Å². The summed E-state index contributed by atoms with van der Waals surface area (Å²) in [5.74, 6) is 0. The second-order valence-corrected chi connectivity index (χ2v) is 4.07. The van der Waals surface area contributed by atoms with E-state index in [0.29, 0.717) is 5.69 Å². The van der Waals surface area contributed by atoms with Crippen LogP contribution in [0.3, 0.4) is 0 Å². The highest BCUT2D eigenvalue weighted by Crippen LogP contribution is 2.32. The maximum Gasteiger partial charge on any atom is 0.416 e. The van der Waals surface area contributed by atoms with Crippen molar-refractivity contribution in [2.45, 2.75) is 12.6 Å². The van der Waals surface area contributed by atoms with Crippen LogP contribution in [0.1, 0.15) is 16.8 Å². The molecule has 6 heteroatoms. The summed E-state index contributed by atoms with van der Waals surface area (Å²) < 4.78 is 38.3. The first-order chi connectivity index (χ1) is 8.47. The Balaban J connectivity index is 2.32. The molecule has 0 saturated carbocycles. The van der Waals surface area contributed by atoms with Crippen molar-refractivity contribution in [3.63, 3.8) is 0 Å². The molecule has 0 aliphatic carbocycles. The molecule has 0 bridgehead atoms. The Hall–Kier alpha value is -1.62. The van der Waals surface area contributed by atoms with Crippen LogP contribution < -0.4 is 0 Å². The van der Waals surface area contributed by atoms with E-state index in [1.54, 1.807) is 12.1 Å². The van der Waals surface area contributed by atoms with Gasteiger partial charge < -0.3 is 0 Å². The molecule has 0 unspecified atom stereocenters. The standard InChI is InChI=1S/C12H8ClF3N2/c13-11-6-5-9(17-18-11)7-8-3-1-2-4-10(8)12(14,15)16/h1-6H,7H2. The Kier molecular flexibility index (Phi) is 3.52. The third kappa shape index (κ3) is 2.98. The van der Waals surface area contributed by atoms with Gasteiger partial charge in [-0.05, 0) is 23.8 Å². The summed E-state index contributed by atoms with van der Waals surface area (Å²) in [5, 5.41) is 7.56. The monoisotopic (exact) mass is 272 g/mol. The highest BCUT2D eigenvalue weighted by molar-refractivity contribution is 6.29. The molecule has 1 aromatic carbocycles. The zero-order chi connectivity index (χ0) is 13.2. The molecule has 2 rings (SSSR count). The number of aromatic nitrogens is 2. The molecule has 1 heterocycles. The van der Waals surface area contributed by atoms with Crippen molar-refractivity contribution in [2.75, 3.05) is 0 Å². The summed E-state index contributed by atoms with van der Waals surface area (Å²) in [4.78, 5) is 0. The van der Waals surface area contributed by atoms with E-state index in [1.807, 2.05) is 0 Å². The van der Waals surface area contributed by atoms with Crippen molar-refractivity contribution < 1.29 is 13.2 Å². The van der Waals surface area contributed by atoms with Crippen LogP contribution in [0.4, 0.5) is 13.2 Å². The fraction of sp³-hybridized carbons (Fsp3) is 0.167. The fourth-order valence-corrected chi connectivity index (χ4v) is 1.68. The van der Waals surface area contributed by atoms with E-state index in [4.69, 9.17) is 11.6 Å². The topological polar surface area (TPSA) is 25.8 Å². The number of nitrogens with zero attached hydrogens (tertiary/aromatic N) is 2. The van der Waals surface area contributed by atoms with Crippen molar-refractivity contribution in [1.82, 2.24) is 10.2 Å². The van der Waals surface area contributed by atoms with Crippen LogP contribution in [0.25, 0.3) is 0 Å². The maximum atomic E-state index is 12.8. The summed E-state index contributed by atoms with van der Waals surface area (Å²) in [5.41, 5.74) is -0.0422. The van der Waals surface area contributed by atoms with Gasteiger partial charge in [0.15, 0.2) is 5.15 Å². The lowest BCUT2D eigenvalue weighted by molar-refractivity contribution is -0.138. The van der Waals surface area contributed by atoms with Gasteiger partial charge in [0.1, 0.15) is 0 Å². The lowest BCUT2D eigenvalue weighted by Gasteiger charge is -2.11. The second kappa shape index (κ2) is 4.94. The van der Waals surface area contributed by atoms with Gasteiger partial charge in [0.25, 0.3) is 0 Å². The molecule has 0 saturated heterocycles. The first-order valence-electron chi connectivity index (χ1n) is 5.10. The van der Waals surface area contributed by atoms with Gasteiger partial charge in [-0.25, -0.2) is 0 Å². The SMILES string of the molecule is FC(F)(F)c1ccccc1Cc1ccc(Cl)nn1. The van der Waals surface area contributed by atoms with Crippen LogP contribution in [0.15, 0.2) is 36.4 Å². The van der Waals surface area contributed by atoms with Crippen molar-refractivity contribution in [2.24, 2.45) is 0 Å².